The predicted molar refractivity (Wildman–Crippen MR) is 88.3 cm³/mol. The first kappa shape index (κ1) is 13.8. The molecule has 23 heavy (non-hydrogen) atoms. The van der Waals surface area contributed by atoms with Crippen LogP contribution in [0.15, 0.2) is 41.7 Å². The lowest BCUT2D eigenvalue weighted by Crippen LogP contribution is -2.35. The van der Waals surface area contributed by atoms with E-state index in [2.05, 4.69) is 33.0 Å². The number of hydrogen-bond donors (Lipinski definition) is 1. The molecule has 2 N–H and O–H groups in total. The Hall–Kier alpha value is -2.87. The Morgan fingerprint density at radius 3 is 3.00 bits per heavy atom. The van der Waals surface area contributed by atoms with E-state index in [-0.39, 0.29) is 5.54 Å². The van der Waals surface area contributed by atoms with E-state index >= 15 is 0 Å². The molecule has 0 bridgehead atoms. The summed E-state index contributed by atoms with van der Waals surface area (Å²) in [5.41, 5.74) is 10.8. The summed E-state index contributed by atoms with van der Waals surface area (Å²) in [5, 5.41) is 0. The first-order chi connectivity index (χ1) is 11.2. The fourth-order valence-corrected chi connectivity index (χ4v) is 3.53. The van der Waals surface area contributed by atoms with Gasteiger partial charge in [-0.15, -0.1) is 0 Å². The first-order valence-electron chi connectivity index (χ1n) is 7.61. The number of benzene rings is 1. The summed E-state index contributed by atoms with van der Waals surface area (Å²) in [6.45, 7) is 7.73. The van der Waals surface area contributed by atoms with E-state index in [1.54, 1.807) is 6.20 Å². The van der Waals surface area contributed by atoms with E-state index in [0.717, 1.165) is 30.4 Å². The van der Waals surface area contributed by atoms with Crippen molar-refractivity contribution in [3.8, 4) is 11.1 Å². The second-order valence-corrected chi connectivity index (χ2v) is 6.13. The van der Waals surface area contributed by atoms with Crippen LogP contribution in [0.4, 0.5) is 5.69 Å². The van der Waals surface area contributed by atoms with Gasteiger partial charge in [-0.25, -0.2) is 9.84 Å². The van der Waals surface area contributed by atoms with Crippen LogP contribution >= 0.6 is 0 Å². The number of rotatable bonds is 1. The van der Waals surface area contributed by atoms with Gasteiger partial charge in [-0.2, -0.15) is 0 Å². The fourth-order valence-electron chi connectivity index (χ4n) is 3.53. The summed E-state index contributed by atoms with van der Waals surface area (Å²) in [6, 6.07) is 8.51. The van der Waals surface area contributed by atoms with E-state index in [4.69, 9.17) is 17.0 Å². The minimum atomic E-state index is -0.202. The molecular formula is C18H16N4O. The molecule has 0 unspecified atom stereocenters. The molecule has 0 fully saturated rings. The number of hydrogen-bond acceptors (Lipinski definition) is 4. The van der Waals surface area contributed by atoms with Gasteiger partial charge in [0.25, 0.3) is 6.02 Å². The van der Waals surface area contributed by atoms with E-state index < -0.39 is 0 Å². The van der Waals surface area contributed by atoms with Crippen molar-refractivity contribution in [3.05, 3.63) is 59.2 Å². The average molecular weight is 304 g/mol. The Bertz CT molecular complexity index is 852. The zero-order chi connectivity index (χ0) is 15.9. The van der Waals surface area contributed by atoms with Gasteiger partial charge in [0.1, 0.15) is 12.1 Å². The monoisotopic (exact) mass is 304 g/mol. The summed E-state index contributed by atoms with van der Waals surface area (Å²) >= 11 is 0. The van der Waals surface area contributed by atoms with Crippen LogP contribution in [0.2, 0.25) is 0 Å². The highest BCUT2D eigenvalue weighted by Crippen LogP contribution is 2.39. The molecule has 2 aromatic rings. The van der Waals surface area contributed by atoms with Crippen LogP contribution in [0.5, 0.6) is 0 Å². The number of amidine groups is 1. The Balaban J connectivity index is 1.76. The molecule has 1 aromatic carbocycles. The molecule has 1 aromatic heterocycles. The van der Waals surface area contributed by atoms with Crippen LogP contribution in [0, 0.1) is 6.57 Å². The minimum Gasteiger partial charge on any atom is -0.463 e. The SMILES string of the molecule is [C-]#[N+]c1cncc(-c2cccc3c2CC[C@@]2(COC(N)=N2)C3)c1. The van der Waals surface area contributed by atoms with Crippen molar-refractivity contribution < 1.29 is 4.74 Å². The minimum absolute atomic E-state index is 0.202. The quantitative estimate of drug-likeness (QED) is 0.824. The molecule has 5 heteroatoms. The topological polar surface area (TPSA) is 64.9 Å². The van der Waals surface area contributed by atoms with Crippen LogP contribution in [0.1, 0.15) is 17.5 Å². The van der Waals surface area contributed by atoms with Crippen LogP contribution in [0.25, 0.3) is 16.0 Å². The zero-order valence-corrected chi connectivity index (χ0v) is 12.6. The van der Waals surface area contributed by atoms with Crippen molar-refractivity contribution in [1.82, 2.24) is 4.98 Å². The first-order valence-corrected chi connectivity index (χ1v) is 7.61. The number of aromatic nitrogens is 1. The highest BCUT2D eigenvalue weighted by Gasteiger charge is 2.39. The lowest BCUT2D eigenvalue weighted by Gasteiger charge is -2.31. The molecular weight excluding hydrogens is 288 g/mol. The van der Waals surface area contributed by atoms with Crippen molar-refractivity contribution in [3.63, 3.8) is 0 Å². The Kier molecular flexibility index (Phi) is 3.05. The van der Waals surface area contributed by atoms with Gasteiger partial charge in [0.05, 0.1) is 6.57 Å². The number of pyridine rings is 1. The second kappa shape index (κ2) is 5.10. The maximum atomic E-state index is 7.16. The number of nitrogens with two attached hydrogens (primary N) is 1. The molecule has 0 amide bonds. The van der Waals surface area contributed by atoms with Gasteiger partial charge in [0.2, 0.25) is 5.69 Å². The van der Waals surface area contributed by atoms with Crippen molar-refractivity contribution in [2.45, 2.75) is 24.8 Å². The summed E-state index contributed by atoms with van der Waals surface area (Å²) in [5.74, 6) is 0. The lowest BCUT2D eigenvalue weighted by molar-refractivity contribution is 0.235. The molecule has 2 heterocycles. The molecule has 4 rings (SSSR count). The van der Waals surface area contributed by atoms with Gasteiger partial charge < -0.3 is 10.5 Å². The summed E-state index contributed by atoms with van der Waals surface area (Å²) in [6.07, 6.45) is 6.10. The molecule has 0 radical (unpaired) electrons. The van der Waals surface area contributed by atoms with Gasteiger partial charge in [-0.3, -0.25) is 4.98 Å². The number of nitrogens with zero attached hydrogens (tertiary/aromatic N) is 3. The molecule has 2 aliphatic rings. The van der Waals surface area contributed by atoms with E-state index in [9.17, 15) is 0 Å². The lowest BCUT2D eigenvalue weighted by atomic mass is 9.77. The maximum absolute atomic E-state index is 7.16. The number of ether oxygens (including phenoxy) is 1. The van der Waals surface area contributed by atoms with Crippen molar-refractivity contribution in [2.75, 3.05) is 6.61 Å². The predicted octanol–water partition coefficient (Wildman–Crippen LogP) is 2.87. The molecule has 1 aliphatic carbocycles. The van der Waals surface area contributed by atoms with Gasteiger partial charge in [-0.05, 0) is 41.2 Å². The average Bonchev–Trinajstić information content (AvgIpc) is 2.94. The van der Waals surface area contributed by atoms with Crippen molar-refractivity contribution >= 4 is 11.7 Å². The Labute approximate surface area is 134 Å². The third kappa shape index (κ3) is 2.33. The van der Waals surface area contributed by atoms with Crippen LogP contribution in [-0.2, 0) is 17.6 Å². The molecule has 1 spiro atoms. The van der Waals surface area contributed by atoms with Crippen molar-refractivity contribution in [1.29, 1.82) is 0 Å². The zero-order valence-electron chi connectivity index (χ0n) is 12.6. The molecule has 5 nitrogen and oxygen atoms in total. The Morgan fingerprint density at radius 1 is 1.30 bits per heavy atom. The smallest absolute Gasteiger partial charge is 0.282 e. The Morgan fingerprint density at radius 2 is 2.22 bits per heavy atom. The third-order valence-electron chi connectivity index (χ3n) is 4.63. The van der Waals surface area contributed by atoms with E-state index in [0.29, 0.717) is 18.3 Å². The van der Waals surface area contributed by atoms with E-state index in [1.807, 2.05) is 12.3 Å². The maximum Gasteiger partial charge on any atom is 0.282 e. The fraction of sp³-hybridized carbons (Fsp3) is 0.278. The van der Waals surface area contributed by atoms with Gasteiger partial charge in [-0.1, -0.05) is 18.2 Å². The standard InChI is InChI=1S/C18H16N4O/c1-20-14-7-13(9-21-10-14)15-4-2-3-12-8-18(6-5-16(12)15)11-23-17(19)22-18/h2-4,7,9-10H,5-6,8,11H2,(H2,19,22)/t18-/m0/s1. The van der Waals surface area contributed by atoms with Gasteiger partial charge in [0, 0.05) is 18.8 Å². The van der Waals surface area contributed by atoms with Crippen LogP contribution in [0.3, 0.4) is 0 Å². The third-order valence-corrected chi connectivity index (χ3v) is 4.63. The molecule has 0 saturated carbocycles. The largest absolute Gasteiger partial charge is 0.463 e. The molecule has 0 saturated heterocycles. The summed E-state index contributed by atoms with van der Waals surface area (Å²) in [4.78, 5) is 12.2. The highest BCUT2D eigenvalue weighted by molar-refractivity contribution is 5.75. The second-order valence-electron chi connectivity index (χ2n) is 6.13. The summed E-state index contributed by atoms with van der Waals surface area (Å²) in [7, 11) is 0. The van der Waals surface area contributed by atoms with Crippen LogP contribution in [-0.4, -0.2) is 23.2 Å². The molecule has 1 atom stereocenters. The highest BCUT2D eigenvalue weighted by atomic mass is 16.5. The van der Waals surface area contributed by atoms with Crippen molar-refractivity contribution in [2.24, 2.45) is 10.7 Å². The normalized spacial score (nSPS) is 22.1. The van der Waals surface area contributed by atoms with Gasteiger partial charge in [0.15, 0.2) is 0 Å². The number of aliphatic imine (C=N–C) groups is 1. The van der Waals surface area contributed by atoms with Crippen LogP contribution < -0.4 is 5.73 Å². The molecule has 1 aliphatic heterocycles. The van der Waals surface area contributed by atoms with Gasteiger partial charge >= 0.3 is 0 Å². The molecule has 114 valence electrons. The van der Waals surface area contributed by atoms with E-state index in [1.165, 1.54) is 11.1 Å². The number of fused-ring (bicyclic) bond motifs is 1. The summed E-state index contributed by atoms with van der Waals surface area (Å²) < 4.78 is 5.39.